The van der Waals surface area contributed by atoms with Gasteiger partial charge in [0.15, 0.2) is 0 Å². The molecule has 0 atom stereocenters. The number of hydrogen-bond donors (Lipinski definition) is 3. The Morgan fingerprint density at radius 2 is 2.25 bits per heavy atom. The fraction of sp³-hybridized carbons (Fsp3) is 0.182. The van der Waals surface area contributed by atoms with Gasteiger partial charge in [-0.2, -0.15) is 0 Å². The second-order valence-electron chi connectivity index (χ2n) is 3.93. The smallest absolute Gasteiger partial charge is 0.244 e. The minimum absolute atomic E-state index is 0.0137. The van der Waals surface area contributed by atoms with Gasteiger partial charge >= 0.3 is 0 Å². The Labute approximate surface area is 124 Å². The number of sulfonamides is 1. The molecule has 9 heteroatoms. The first kappa shape index (κ1) is 14.8. The van der Waals surface area contributed by atoms with Crippen molar-refractivity contribution in [2.45, 2.75) is 11.4 Å². The van der Waals surface area contributed by atoms with Crippen LogP contribution in [0.1, 0.15) is 5.69 Å². The highest BCUT2D eigenvalue weighted by atomic mass is 79.9. The van der Waals surface area contributed by atoms with E-state index in [1.165, 1.54) is 31.8 Å². The van der Waals surface area contributed by atoms with E-state index in [1.54, 1.807) is 0 Å². The second-order valence-corrected chi connectivity index (χ2v) is 6.52. The number of anilines is 1. The van der Waals surface area contributed by atoms with E-state index in [0.717, 1.165) is 0 Å². The van der Waals surface area contributed by atoms with E-state index < -0.39 is 10.0 Å². The standard InChI is InChI=1S/C11H13BrN4O3S/c1-19-10-2-8(12)9(13)3-11(10)20(17,18)16-5-7-4-14-6-15-7/h2-4,6,16H,5,13H2,1H3,(H,14,15). The normalized spacial score (nSPS) is 11.5. The average molecular weight is 361 g/mol. The van der Waals surface area contributed by atoms with E-state index in [4.69, 9.17) is 10.5 Å². The predicted octanol–water partition coefficient (Wildman–Crippen LogP) is 1.24. The third-order valence-corrected chi connectivity index (χ3v) is 4.69. The van der Waals surface area contributed by atoms with Crippen molar-refractivity contribution >= 4 is 31.6 Å². The lowest BCUT2D eigenvalue weighted by Gasteiger charge is -2.12. The van der Waals surface area contributed by atoms with Crippen LogP contribution in [0.15, 0.2) is 34.0 Å². The molecule has 108 valence electrons. The van der Waals surface area contributed by atoms with Gasteiger partial charge in [0.1, 0.15) is 10.6 Å². The number of nitrogens with two attached hydrogens (primary N) is 1. The topological polar surface area (TPSA) is 110 Å². The number of ether oxygens (including phenoxy) is 1. The molecule has 0 saturated carbocycles. The highest BCUT2D eigenvalue weighted by Gasteiger charge is 2.21. The van der Waals surface area contributed by atoms with Crippen molar-refractivity contribution in [1.29, 1.82) is 0 Å². The number of nitrogens with zero attached hydrogens (tertiary/aromatic N) is 1. The number of hydrogen-bond acceptors (Lipinski definition) is 5. The number of methoxy groups -OCH3 is 1. The van der Waals surface area contributed by atoms with Crippen LogP contribution in [0.5, 0.6) is 5.75 Å². The molecule has 2 rings (SSSR count). The number of benzene rings is 1. The molecule has 1 aromatic heterocycles. The van der Waals surface area contributed by atoms with Gasteiger partial charge < -0.3 is 15.5 Å². The predicted molar refractivity (Wildman–Crippen MR) is 77.7 cm³/mol. The van der Waals surface area contributed by atoms with Crippen LogP contribution in [-0.4, -0.2) is 25.5 Å². The highest BCUT2D eigenvalue weighted by Crippen LogP contribution is 2.32. The molecule has 0 aliphatic carbocycles. The average Bonchev–Trinajstić information content (AvgIpc) is 2.92. The Kier molecular flexibility index (Phi) is 4.31. The van der Waals surface area contributed by atoms with E-state index in [-0.39, 0.29) is 17.2 Å². The van der Waals surface area contributed by atoms with Crippen LogP contribution in [0, 0.1) is 0 Å². The Hall–Kier alpha value is -1.58. The SMILES string of the molecule is COc1cc(Br)c(N)cc1S(=O)(=O)NCc1cnc[nH]1. The van der Waals surface area contributed by atoms with Gasteiger partial charge in [0.2, 0.25) is 10.0 Å². The van der Waals surface area contributed by atoms with Crippen LogP contribution in [0.25, 0.3) is 0 Å². The first-order chi connectivity index (χ1) is 9.44. The maximum Gasteiger partial charge on any atom is 0.244 e. The van der Waals surface area contributed by atoms with Gasteiger partial charge in [-0.1, -0.05) is 0 Å². The van der Waals surface area contributed by atoms with Gasteiger partial charge in [-0.3, -0.25) is 0 Å². The van der Waals surface area contributed by atoms with E-state index in [0.29, 0.717) is 15.9 Å². The molecule has 0 unspecified atom stereocenters. The van der Waals surface area contributed by atoms with E-state index in [9.17, 15) is 8.42 Å². The summed E-state index contributed by atoms with van der Waals surface area (Å²) in [5.74, 6) is 0.211. The summed E-state index contributed by atoms with van der Waals surface area (Å²) in [4.78, 5) is 6.61. The Morgan fingerprint density at radius 3 is 2.85 bits per heavy atom. The molecule has 0 bridgehead atoms. The number of aromatic amines is 1. The maximum atomic E-state index is 12.3. The van der Waals surface area contributed by atoms with Crippen LogP contribution < -0.4 is 15.2 Å². The first-order valence-corrected chi connectivity index (χ1v) is 7.81. The van der Waals surface area contributed by atoms with Gasteiger partial charge in [-0.25, -0.2) is 18.1 Å². The number of nitrogens with one attached hydrogen (secondary N) is 2. The van der Waals surface area contributed by atoms with Crippen LogP contribution in [0.4, 0.5) is 5.69 Å². The lowest BCUT2D eigenvalue weighted by atomic mass is 10.3. The van der Waals surface area contributed by atoms with Crippen molar-refractivity contribution in [1.82, 2.24) is 14.7 Å². The summed E-state index contributed by atoms with van der Waals surface area (Å²) in [6, 6.07) is 2.86. The number of rotatable bonds is 5. The number of imidazole rings is 1. The van der Waals surface area contributed by atoms with Crippen LogP contribution in [-0.2, 0) is 16.6 Å². The summed E-state index contributed by atoms with van der Waals surface area (Å²) < 4.78 is 32.6. The zero-order chi connectivity index (χ0) is 14.8. The molecule has 0 fully saturated rings. The van der Waals surface area contributed by atoms with Gasteiger partial charge in [0.25, 0.3) is 0 Å². The zero-order valence-electron chi connectivity index (χ0n) is 10.6. The quantitative estimate of drug-likeness (QED) is 0.694. The van der Waals surface area contributed by atoms with E-state index >= 15 is 0 Å². The largest absolute Gasteiger partial charge is 0.495 e. The van der Waals surface area contributed by atoms with Crippen molar-refractivity contribution in [2.24, 2.45) is 0 Å². The minimum Gasteiger partial charge on any atom is -0.495 e. The Morgan fingerprint density at radius 1 is 1.50 bits per heavy atom. The monoisotopic (exact) mass is 360 g/mol. The summed E-state index contributed by atoms with van der Waals surface area (Å²) in [5.41, 5.74) is 6.68. The number of H-pyrrole nitrogens is 1. The number of nitrogen functional groups attached to an aromatic ring is 1. The molecule has 0 aliphatic rings. The summed E-state index contributed by atoms with van der Waals surface area (Å²) in [7, 11) is -2.35. The molecule has 0 spiro atoms. The molecule has 0 aliphatic heterocycles. The number of aromatic nitrogens is 2. The van der Waals surface area contributed by atoms with Gasteiger partial charge in [0.05, 0.1) is 20.0 Å². The summed E-state index contributed by atoms with van der Waals surface area (Å²) in [5, 5.41) is 0. The third kappa shape index (κ3) is 3.11. The first-order valence-electron chi connectivity index (χ1n) is 5.54. The van der Waals surface area contributed by atoms with Crippen molar-refractivity contribution in [3.8, 4) is 5.75 Å². The minimum atomic E-state index is -3.74. The van der Waals surface area contributed by atoms with Crippen molar-refractivity contribution in [2.75, 3.05) is 12.8 Å². The van der Waals surface area contributed by atoms with Gasteiger partial charge in [-0.15, -0.1) is 0 Å². The van der Waals surface area contributed by atoms with Crippen LogP contribution in [0.2, 0.25) is 0 Å². The second kappa shape index (κ2) is 5.81. The fourth-order valence-electron chi connectivity index (χ4n) is 1.55. The third-order valence-electron chi connectivity index (χ3n) is 2.58. The molecule has 20 heavy (non-hydrogen) atoms. The summed E-state index contributed by atoms with van der Waals surface area (Å²) in [6.07, 6.45) is 3.01. The van der Waals surface area contributed by atoms with Crippen LogP contribution in [0.3, 0.4) is 0 Å². The zero-order valence-corrected chi connectivity index (χ0v) is 13.0. The molecule has 0 saturated heterocycles. The Bertz CT molecular complexity index is 701. The molecule has 0 radical (unpaired) electrons. The molecular weight excluding hydrogens is 348 g/mol. The summed E-state index contributed by atoms with van der Waals surface area (Å²) in [6.45, 7) is 0.0987. The number of halogens is 1. The van der Waals surface area contributed by atoms with Crippen molar-refractivity contribution in [3.05, 3.63) is 34.8 Å². The van der Waals surface area contributed by atoms with Gasteiger partial charge in [0, 0.05) is 22.1 Å². The highest BCUT2D eigenvalue weighted by molar-refractivity contribution is 9.10. The molecule has 1 heterocycles. The molecule has 7 nitrogen and oxygen atoms in total. The lowest BCUT2D eigenvalue weighted by Crippen LogP contribution is -2.24. The Balaban J connectivity index is 2.31. The van der Waals surface area contributed by atoms with Crippen molar-refractivity contribution in [3.63, 3.8) is 0 Å². The molecule has 1 aromatic carbocycles. The molecule has 0 amide bonds. The van der Waals surface area contributed by atoms with E-state index in [1.807, 2.05) is 0 Å². The molecule has 4 N–H and O–H groups in total. The molecular formula is C11H13BrN4O3S. The maximum absolute atomic E-state index is 12.3. The van der Waals surface area contributed by atoms with E-state index in [2.05, 4.69) is 30.6 Å². The van der Waals surface area contributed by atoms with Crippen LogP contribution >= 0.6 is 15.9 Å². The molecule has 2 aromatic rings. The van der Waals surface area contributed by atoms with Gasteiger partial charge in [-0.05, 0) is 28.1 Å². The summed E-state index contributed by atoms with van der Waals surface area (Å²) >= 11 is 3.22. The fourth-order valence-corrected chi connectivity index (χ4v) is 3.06. The van der Waals surface area contributed by atoms with Crippen molar-refractivity contribution < 1.29 is 13.2 Å². The lowest BCUT2D eigenvalue weighted by molar-refractivity contribution is 0.402.